The number of amides is 2. The third kappa shape index (κ3) is 5.67. The largest absolute Gasteiger partial charge is 0.452 e. The molecule has 2 aromatic rings. The predicted octanol–water partition coefficient (Wildman–Crippen LogP) is 3.57. The number of anilines is 2. The highest BCUT2D eigenvalue weighted by Crippen LogP contribution is 2.22. The first-order valence-corrected chi connectivity index (χ1v) is 8.90. The van der Waals surface area contributed by atoms with E-state index in [4.69, 9.17) is 4.74 Å². The zero-order chi connectivity index (χ0) is 19.8. The molecular weight excluding hydrogens is 344 g/mol. The number of esters is 1. The molecule has 0 aliphatic rings. The Morgan fingerprint density at radius 1 is 0.889 bits per heavy atom. The molecule has 0 aliphatic carbocycles. The Hall–Kier alpha value is -3.15. The highest BCUT2D eigenvalue weighted by molar-refractivity contribution is 5.97. The summed E-state index contributed by atoms with van der Waals surface area (Å²) in [4.78, 5) is 35.3. The van der Waals surface area contributed by atoms with Gasteiger partial charge in [-0.05, 0) is 48.2 Å². The summed E-state index contributed by atoms with van der Waals surface area (Å²) >= 11 is 0. The molecule has 27 heavy (non-hydrogen) atoms. The minimum Gasteiger partial charge on any atom is -0.452 e. The van der Waals surface area contributed by atoms with Crippen molar-refractivity contribution in [3.8, 4) is 0 Å². The van der Waals surface area contributed by atoms with E-state index in [9.17, 15) is 14.4 Å². The fourth-order valence-corrected chi connectivity index (χ4v) is 2.69. The van der Waals surface area contributed by atoms with Crippen molar-refractivity contribution in [3.63, 3.8) is 0 Å². The Morgan fingerprint density at radius 2 is 1.48 bits per heavy atom. The van der Waals surface area contributed by atoms with E-state index >= 15 is 0 Å². The average Bonchev–Trinajstić information content (AvgIpc) is 2.66. The van der Waals surface area contributed by atoms with Gasteiger partial charge in [0.15, 0.2) is 6.61 Å². The van der Waals surface area contributed by atoms with Crippen LogP contribution in [0.15, 0.2) is 42.5 Å². The SMILES string of the molecule is CCc1cccc(CC)c1NC(=O)COC(=O)c1ccc(NC(C)=O)cc1. The van der Waals surface area contributed by atoms with E-state index in [1.165, 1.54) is 19.1 Å². The normalized spacial score (nSPS) is 10.2. The standard InChI is InChI=1S/C21H24N2O4/c1-4-15-7-6-8-16(5-2)20(15)23-19(25)13-27-21(26)17-9-11-18(12-10-17)22-14(3)24/h6-12H,4-5,13H2,1-3H3,(H,22,24)(H,23,25). The summed E-state index contributed by atoms with van der Waals surface area (Å²) in [5.41, 5.74) is 3.77. The van der Waals surface area contributed by atoms with Gasteiger partial charge in [-0.25, -0.2) is 4.79 Å². The predicted molar refractivity (Wildman–Crippen MR) is 105 cm³/mol. The second-order valence-corrected chi connectivity index (χ2v) is 6.04. The van der Waals surface area contributed by atoms with Gasteiger partial charge in [-0.15, -0.1) is 0 Å². The minimum absolute atomic E-state index is 0.194. The molecule has 0 radical (unpaired) electrons. The number of aryl methyl sites for hydroxylation is 2. The molecule has 0 fully saturated rings. The van der Waals surface area contributed by atoms with Crippen LogP contribution in [0.3, 0.4) is 0 Å². The van der Waals surface area contributed by atoms with Gasteiger partial charge in [0.05, 0.1) is 5.56 Å². The van der Waals surface area contributed by atoms with Crippen molar-refractivity contribution in [2.75, 3.05) is 17.2 Å². The zero-order valence-corrected chi connectivity index (χ0v) is 15.8. The third-order valence-corrected chi connectivity index (χ3v) is 4.04. The summed E-state index contributed by atoms with van der Waals surface area (Å²) in [7, 11) is 0. The lowest BCUT2D eigenvalue weighted by Gasteiger charge is -2.14. The molecule has 0 aliphatic heterocycles. The van der Waals surface area contributed by atoms with Crippen LogP contribution >= 0.6 is 0 Å². The van der Waals surface area contributed by atoms with Gasteiger partial charge in [0.2, 0.25) is 5.91 Å². The Kier molecular flexibility index (Phi) is 7.11. The average molecular weight is 368 g/mol. The van der Waals surface area contributed by atoms with E-state index < -0.39 is 5.97 Å². The Morgan fingerprint density at radius 3 is 2.00 bits per heavy atom. The van der Waals surface area contributed by atoms with Gasteiger partial charge in [0, 0.05) is 18.3 Å². The highest BCUT2D eigenvalue weighted by Gasteiger charge is 2.13. The minimum atomic E-state index is -0.598. The molecule has 0 aromatic heterocycles. The first-order chi connectivity index (χ1) is 12.9. The maximum absolute atomic E-state index is 12.2. The lowest BCUT2D eigenvalue weighted by molar-refractivity contribution is -0.119. The van der Waals surface area contributed by atoms with Crippen LogP contribution in [0.4, 0.5) is 11.4 Å². The van der Waals surface area contributed by atoms with Crippen LogP contribution in [0.5, 0.6) is 0 Å². The van der Waals surface area contributed by atoms with E-state index in [-0.39, 0.29) is 18.4 Å². The summed E-state index contributed by atoms with van der Waals surface area (Å²) in [5, 5.41) is 5.47. The molecule has 6 nitrogen and oxygen atoms in total. The number of benzene rings is 2. The second-order valence-electron chi connectivity index (χ2n) is 6.04. The van der Waals surface area contributed by atoms with Crippen molar-refractivity contribution in [3.05, 3.63) is 59.2 Å². The molecule has 0 unspecified atom stereocenters. The highest BCUT2D eigenvalue weighted by atomic mass is 16.5. The number of hydrogen-bond acceptors (Lipinski definition) is 4. The first-order valence-electron chi connectivity index (χ1n) is 8.90. The number of nitrogens with one attached hydrogen (secondary N) is 2. The molecule has 0 atom stereocenters. The molecular formula is C21H24N2O4. The maximum Gasteiger partial charge on any atom is 0.338 e. The monoisotopic (exact) mass is 368 g/mol. The molecule has 6 heteroatoms. The van der Waals surface area contributed by atoms with Crippen LogP contribution in [0, 0.1) is 0 Å². The van der Waals surface area contributed by atoms with Crippen molar-refractivity contribution in [2.24, 2.45) is 0 Å². The number of ether oxygens (including phenoxy) is 1. The molecule has 0 saturated heterocycles. The smallest absolute Gasteiger partial charge is 0.338 e. The maximum atomic E-state index is 12.2. The van der Waals surface area contributed by atoms with E-state index in [1.807, 2.05) is 32.0 Å². The van der Waals surface area contributed by atoms with Crippen molar-refractivity contribution in [1.82, 2.24) is 0 Å². The zero-order valence-electron chi connectivity index (χ0n) is 15.8. The summed E-state index contributed by atoms with van der Waals surface area (Å²) < 4.78 is 5.09. The third-order valence-electron chi connectivity index (χ3n) is 4.04. The Bertz CT molecular complexity index is 806. The number of carbonyl (C=O) groups is 3. The molecule has 2 N–H and O–H groups in total. The topological polar surface area (TPSA) is 84.5 Å². The van der Waals surface area contributed by atoms with Gasteiger partial charge in [-0.1, -0.05) is 32.0 Å². The van der Waals surface area contributed by atoms with Crippen LogP contribution in [0.1, 0.15) is 42.3 Å². The lowest BCUT2D eigenvalue weighted by Crippen LogP contribution is -2.22. The first kappa shape index (κ1) is 20.2. The van der Waals surface area contributed by atoms with E-state index in [2.05, 4.69) is 10.6 Å². The molecule has 2 aromatic carbocycles. The van der Waals surface area contributed by atoms with E-state index in [0.717, 1.165) is 29.7 Å². The van der Waals surface area contributed by atoms with Crippen molar-refractivity contribution >= 4 is 29.2 Å². The Labute approximate surface area is 158 Å². The fraction of sp³-hybridized carbons (Fsp3) is 0.286. The summed E-state index contributed by atoms with van der Waals surface area (Å²) in [6.45, 7) is 5.08. The van der Waals surface area contributed by atoms with Crippen LogP contribution in [-0.4, -0.2) is 24.4 Å². The number of para-hydroxylation sites is 1. The van der Waals surface area contributed by atoms with Gasteiger partial charge in [-0.3, -0.25) is 9.59 Å². The van der Waals surface area contributed by atoms with Crippen LogP contribution in [0.2, 0.25) is 0 Å². The fourth-order valence-electron chi connectivity index (χ4n) is 2.69. The van der Waals surface area contributed by atoms with Crippen molar-refractivity contribution in [2.45, 2.75) is 33.6 Å². The van der Waals surface area contributed by atoms with E-state index in [1.54, 1.807) is 12.1 Å². The number of carbonyl (C=O) groups excluding carboxylic acids is 3. The Balaban J connectivity index is 1.96. The van der Waals surface area contributed by atoms with E-state index in [0.29, 0.717) is 11.3 Å². The number of hydrogen-bond donors (Lipinski definition) is 2. The molecule has 0 saturated carbocycles. The lowest BCUT2D eigenvalue weighted by atomic mass is 10.0. The van der Waals surface area contributed by atoms with Gasteiger partial charge >= 0.3 is 5.97 Å². The summed E-state index contributed by atoms with van der Waals surface area (Å²) in [5.74, 6) is -1.17. The van der Waals surface area contributed by atoms with Crippen LogP contribution in [0.25, 0.3) is 0 Å². The molecule has 2 amide bonds. The number of rotatable bonds is 7. The van der Waals surface area contributed by atoms with Crippen molar-refractivity contribution < 1.29 is 19.1 Å². The van der Waals surface area contributed by atoms with Gasteiger partial charge in [0.25, 0.3) is 5.91 Å². The quantitative estimate of drug-likeness (QED) is 0.732. The summed E-state index contributed by atoms with van der Waals surface area (Å²) in [6, 6.07) is 12.2. The van der Waals surface area contributed by atoms with Crippen molar-refractivity contribution in [1.29, 1.82) is 0 Å². The van der Waals surface area contributed by atoms with Gasteiger partial charge in [0.1, 0.15) is 0 Å². The molecule has 142 valence electrons. The molecule has 2 rings (SSSR count). The molecule has 0 spiro atoms. The molecule has 0 bridgehead atoms. The van der Waals surface area contributed by atoms with Gasteiger partial charge in [-0.2, -0.15) is 0 Å². The molecule has 0 heterocycles. The van der Waals surface area contributed by atoms with Crippen LogP contribution < -0.4 is 10.6 Å². The summed E-state index contributed by atoms with van der Waals surface area (Å²) in [6.07, 6.45) is 1.59. The second kappa shape index (κ2) is 9.52. The van der Waals surface area contributed by atoms with Gasteiger partial charge < -0.3 is 15.4 Å². The van der Waals surface area contributed by atoms with Crippen LogP contribution in [-0.2, 0) is 27.2 Å².